The van der Waals surface area contributed by atoms with E-state index in [4.69, 9.17) is 0 Å². The van der Waals surface area contributed by atoms with Gasteiger partial charge in [-0.3, -0.25) is 0 Å². The Bertz CT molecular complexity index is 4450. The largest absolute Gasteiger partial charge is 0.0717 e. The summed E-state index contributed by atoms with van der Waals surface area (Å²) in [7, 11) is 0. The fourth-order valence-electron chi connectivity index (χ4n) is 14.9. The zero-order valence-electron chi connectivity index (χ0n) is 51.1. The van der Waals surface area contributed by atoms with Gasteiger partial charge in [0.1, 0.15) is 0 Å². The fraction of sp³-hybridized carbons (Fsp3) is 0.214. The van der Waals surface area contributed by atoms with Crippen LogP contribution in [0.3, 0.4) is 0 Å². The standard InChI is InChI=1S/C84H76/c1-79(2,3)56-32-40-60(41-33-56)83(61-42-34-57(35-43-61)80(4,5)6)74-51-55(66-29-19-23-53-21-13-15-25-64(53)66)31-48-69(74)71-49-50-72-76-70-28-18-17-27-68(70)73(67-30-20-24-54-22-14-16-26-65(54)67)52-75(76)84(78(72)77(71)83,62-44-36-58(37-45-62)81(7,8)9)63-46-38-59(39-47-63)82(10,11)12/h13-52H,1-12H3. The Morgan fingerprint density at radius 2 is 0.595 bits per heavy atom. The van der Waals surface area contributed by atoms with Crippen LogP contribution < -0.4 is 0 Å². The molecule has 0 spiro atoms. The summed E-state index contributed by atoms with van der Waals surface area (Å²) in [6.07, 6.45) is 0. The van der Waals surface area contributed by atoms with Crippen molar-refractivity contribution in [3.8, 4) is 44.5 Å². The molecule has 0 aromatic heterocycles. The van der Waals surface area contributed by atoms with Crippen molar-refractivity contribution in [1.29, 1.82) is 0 Å². The number of hydrogen-bond donors (Lipinski definition) is 0. The molecule has 0 radical (unpaired) electrons. The maximum absolute atomic E-state index is 2.64. The third-order valence-electron chi connectivity index (χ3n) is 19.3. The Balaban J connectivity index is 1.21. The van der Waals surface area contributed by atoms with Crippen molar-refractivity contribution in [2.75, 3.05) is 0 Å². The number of rotatable bonds is 6. The molecule has 2 aliphatic carbocycles. The maximum Gasteiger partial charge on any atom is 0.0717 e. The summed E-state index contributed by atoms with van der Waals surface area (Å²) < 4.78 is 0. The highest BCUT2D eigenvalue weighted by Crippen LogP contribution is 2.67. The summed E-state index contributed by atoms with van der Waals surface area (Å²) in [6, 6.07) is 95.4. The first-order valence-corrected chi connectivity index (χ1v) is 30.5. The molecular formula is C84H76. The van der Waals surface area contributed by atoms with E-state index in [2.05, 4.69) is 326 Å². The highest BCUT2D eigenvalue weighted by molar-refractivity contribution is 6.14. The Hall–Kier alpha value is -8.58. The second kappa shape index (κ2) is 19.0. The van der Waals surface area contributed by atoms with Gasteiger partial charge in [0.15, 0.2) is 0 Å². The third kappa shape index (κ3) is 8.07. The van der Waals surface area contributed by atoms with Crippen molar-refractivity contribution >= 4 is 32.3 Å². The second-order valence-corrected chi connectivity index (χ2v) is 28.4. The van der Waals surface area contributed by atoms with Crippen molar-refractivity contribution in [2.45, 2.75) is 116 Å². The van der Waals surface area contributed by atoms with Crippen LogP contribution in [0.25, 0.3) is 76.8 Å². The van der Waals surface area contributed by atoms with Crippen molar-refractivity contribution in [1.82, 2.24) is 0 Å². The van der Waals surface area contributed by atoms with E-state index in [1.54, 1.807) is 0 Å². The van der Waals surface area contributed by atoms with Gasteiger partial charge in [0.2, 0.25) is 0 Å². The minimum absolute atomic E-state index is 0.0492. The van der Waals surface area contributed by atoms with Gasteiger partial charge < -0.3 is 0 Å². The van der Waals surface area contributed by atoms with Gasteiger partial charge in [-0.05, 0) is 177 Å². The van der Waals surface area contributed by atoms with Crippen molar-refractivity contribution in [3.63, 3.8) is 0 Å². The molecule has 12 aromatic rings. The summed E-state index contributed by atoms with van der Waals surface area (Å²) in [6.45, 7) is 28.1. The lowest BCUT2D eigenvalue weighted by Crippen LogP contribution is -2.36. The van der Waals surface area contributed by atoms with E-state index in [1.807, 2.05) is 0 Å². The first-order valence-electron chi connectivity index (χ1n) is 30.5. The molecule has 0 bridgehead atoms. The molecule has 0 heterocycles. The molecule has 0 saturated heterocycles. The van der Waals surface area contributed by atoms with E-state index in [9.17, 15) is 0 Å². The molecule has 0 unspecified atom stereocenters. The minimum Gasteiger partial charge on any atom is -0.0616 e. The number of benzene rings is 12. The smallest absolute Gasteiger partial charge is 0.0616 e. The topological polar surface area (TPSA) is 0 Å². The van der Waals surface area contributed by atoms with E-state index >= 15 is 0 Å². The molecule has 14 rings (SSSR count). The zero-order valence-corrected chi connectivity index (χ0v) is 51.1. The molecule has 0 aliphatic heterocycles. The fourth-order valence-corrected chi connectivity index (χ4v) is 14.9. The lowest BCUT2D eigenvalue weighted by atomic mass is 9.59. The molecule has 0 N–H and O–H groups in total. The van der Waals surface area contributed by atoms with Crippen LogP contribution in [0.2, 0.25) is 0 Å². The lowest BCUT2D eigenvalue weighted by Gasteiger charge is -2.41. The molecule has 0 amide bonds. The highest BCUT2D eigenvalue weighted by Gasteiger charge is 2.56. The van der Waals surface area contributed by atoms with Gasteiger partial charge in [-0.25, -0.2) is 0 Å². The van der Waals surface area contributed by atoms with E-state index < -0.39 is 10.8 Å². The Kier molecular flexibility index (Phi) is 12.1. The van der Waals surface area contributed by atoms with Crippen LogP contribution in [0, 0.1) is 0 Å². The van der Waals surface area contributed by atoms with E-state index in [1.165, 1.54) is 144 Å². The van der Waals surface area contributed by atoms with Crippen LogP contribution in [0.5, 0.6) is 0 Å². The molecule has 412 valence electrons. The van der Waals surface area contributed by atoms with Crippen LogP contribution in [0.4, 0.5) is 0 Å². The van der Waals surface area contributed by atoms with Crippen LogP contribution in [-0.2, 0) is 32.5 Å². The lowest BCUT2D eigenvalue weighted by molar-refractivity contribution is 0.587. The SMILES string of the molecule is CC(C)(C)c1ccc(C2(c3ccc(C(C)(C)C)cc3)c3cc(-c4cccc5ccccc45)ccc3-c3ccc4c(c32)C(c2ccc(C(C)(C)C)cc2)(c2ccc(C(C)(C)C)cc2)c2cc(-c3cccc5ccccc35)c3ccccc3c2-4)cc1. The Labute approximate surface area is 498 Å². The number of fused-ring (bicyclic) bond motifs is 11. The first-order chi connectivity index (χ1) is 40.2. The van der Waals surface area contributed by atoms with Crippen LogP contribution in [-0.4, -0.2) is 0 Å². The summed E-state index contributed by atoms with van der Waals surface area (Å²) in [5.41, 5.74) is 23.9. The monoisotopic (exact) mass is 1080 g/mol. The maximum atomic E-state index is 2.64. The van der Waals surface area contributed by atoms with Crippen LogP contribution >= 0.6 is 0 Å². The predicted octanol–water partition coefficient (Wildman–Crippen LogP) is 22.4. The highest BCUT2D eigenvalue weighted by atomic mass is 14.6. The molecule has 2 aliphatic rings. The summed E-state index contributed by atoms with van der Waals surface area (Å²) in [4.78, 5) is 0. The molecular weight excluding hydrogens is 1010 g/mol. The van der Waals surface area contributed by atoms with Crippen molar-refractivity contribution in [2.24, 2.45) is 0 Å². The molecule has 0 fully saturated rings. The van der Waals surface area contributed by atoms with Gasteiger partial charge in [-0.1, -0.05) is 314 Å². The summed E-state index contributed by atoms with van der Waals surface area (Å²) in [5.74, 6) is 0. The molecule has 0 heteroatoms. The van der Waals surface area contributed by atoms with E-state index in [0.29, 0.717) is 0 Å². The Morgan fingerprint density at radius 1 is 0.238 bits per heavy atom. The minimum atomic E-state index is -0.825. The molecule has 12 aromatic carbocycles. The van der Waals surface area contributed by atoms with E-state index in [0.717, 1.165) is 0 Å². The second-order valence-electron chi connectivity index (χ2n) is 28.4. The normalized spacial score (nSPS) is 14.4. The number of hydrogen-bond acceptors (Lipinski definition) is 0. The van der Waals surface area contributed by atoms with Crippen molar-refractivity contribution in [3.05, 3.63) is 309 Å². The van der Waals surface area contributed by atoms with Gasteiger partial charge in [0.25, 0.3) is 0 Å². The quantitative estimate of drug-likeness (QED) is 0.156. The Morgan fingerprint density at radius 3 is 1.06 bits per heavy atom. The summed E-state index contributed by atoms with van der Waals surface area (Å²) in [5, 5.41) is 7.51. The summed E-state index contributed by atoms with van der Waals surface area (Å²) >= 11 is 0. The predicted molar refractivity (Wildman–Crippen MR) is 359 cm³/mol. The van der Waals surface area contributed by atoms with Crippen LogP contribution in [0.15, 0.2) is 243 Å². The van der Waals surface area contributed by atoms with E-state index in [-0.39, 0.29) is 21.7 Å². The first kappa shape index (κ1) is 53.4. The van der Waals surface area contributed by atoms with Crippen molar-refractivity contribution < 1.29 is 0 Å². The molecule has 0 nitrogen and oxygen atoms in total. The van der Waals surface area contributed by atoms with Gasteiger partial charge in [0, 0.05) is 0 Å². The molecule has 84 heavy (non-hydrogen) atoms. The zero-order chi connectivity index (χ0) is 58.3. The van der Waals surface area contributed by atoms with Gasteiger partial charge in [0.05, 0.1) is 10.8 Å². The average Bonchev–Trinajstić information content (AvgIpc) is 1.50. The van der Waals surface area contributed by atoms with Gasteiger partial charge in [-0.15, -0.1) is 0 Å². The van der Waals surface area contributed by atoms with Gasteiger partial charge >= 0.3 is 0 Å². The molecule has 0 saturated carbocycles. The molecule has 0 atom stereocenters. The van der Waals surface area contributed by atoms with Crippen LogP contribution in [0.1, 0.15) is 150 Å². The average molecular weight is 1090 g/mol. The third-order valence-corrected chi connectivity index (χ3v) is 19.3. The van der Waals surface area contributed by atoms with Gasteiger partial charge in [-0.2, -0.15) is 0 Å².